The van der Waals surface area contributed by atoms with Crippen molar-refractivity contribution in [3.8, 4) is 0 Å². The molecule has 0 heterocycles. The molecule has 0 aliphatic carbocycles. The van der Waals surface area contributed by atoms with Crippen LogP contribution in [0.2, 0.25) is 0 Å². The zero-order chi connectivity index (χ0) is 7.98. The summed E-state index contributed by atoms with van der Waals surface area (Å²) < 4.78 is 0. The second kappa shape index (κ2) is 4.13. The van der Waals surface area contributed by atoms with Crippen molar-refractivity contribution < 1.29 is 9.72 Å². The minimum atomic E-state index is -0.892. The van der Waals surface area contributed by atoms with E-state index in [1.807, 2.05) is 0 Å². The summed E-state index contributed by atoms with van der Waals surface area (Å²) in [7, 11) is 0. The number of amides is 1. The summed E-state index contributed by atoms with van der Waals surface area (Å²) in [5.74, 6) is -0.800. The second-order valence-electron chi connectivity index (χ2n) is 1.11. The Kier molecular flexibility index (Phi) is 3.39. The van der Waals surface area contributed by atoms with Crippen molar-refractivity contribution in [1.29, 1.82) is 0 Å². The SMILES string of the molecule is NC(=NC=NC=O)[N+](=O)[O-]. The topological polar surface area (TPSA) is 111 Å². The lowest BCUT2D eigenvalue weighted by atomic mass is 11.0. The molecule has 0 aromatic rings. The average molecular weight is 144 g/mol. The van der Waals surface area contributed by atoms with E-state index < -0.39 is 10.9 Å². The lowest BCUT2D eigenvalue weighted by Crippen LogP contribution is -2.22. The molecule has 0 radical (unpaired) electrons. The molecular weight excluding hydrogens is 140 g/mol. The quantitative estimate of drug-likeness (QED) is 0.172. The number of hydrogen-bond donors (Lipinski definition) is 1. The number of hydrogen-bond acceptors (Lipinski definition) is 3. The van der Waals surface area contributed by atoms with E-state index in [1.165, 1.54) is 0 Å². The Hall–Kier alpha value is -1.79. The standard InChI is InChI=1S/C3H4N4O3/c4-3(7(9)10)6-1-5-2-8/h1-2H,(H2,4,5,6,8). The van der Waals surface area contributed by atoms with Crippen molar-refractivity contribution in [3.05, 3.63) is 10.1 Å². The van der Waals surface area contributed by atoms with Gasteiger partial charge in [-0.1, -0.05) is 4.99 Å². The van der Waals surface area contributed by atoms with E-state index in [2.05, 4.69) is 9.98 Å². The maximum Gasteiger partial charge on any atom is 0.426 e. The highest BCUT2D eigenvalue weighted by molar-refractivity contribution is 5.81. The molecule has 0 aromatic heterocycles. The molecule has 54 valence electrons. The van der Waals surface area contributed by atoms with Crippen LogP contribution in [-0.4, -0.2) is 23.6 Å². The minimum absolute atomic E-state index is 0.191. The second-order valence-corrected chi connectivity index (χ2v) is 1.11. The summed E-state index contributed by atoms with van der Waals surface area (Å²) in [5, 5.41) is 9.69. The highest BCUT2D eigenvalue weighted by Crippen LogP contribution is 1.67. The van der Waals surface area contributed by atoms with Crippen LogP contribution in [0.15, 0.2) is 9.98 Å². The van der Waals surface area contributed by atoms with E-state index >= 15 is 0 Å². The van der Waals surface area contributed by atoms with Crippen molar-refractivity contribution in [1.82, 2.24) is 0 Å². The fraction of sp³-hybridized carbons (Fsp3) is 0. The summed E-state index contributed by atoms with van der Waals surface area (Å²) in [6, 6.07) is 0. The molecule has 0 unspecified atom stereocenters. The van der Waals surface area contributed by atoms with Gasteiger partial charge in [-0.15, -0.1) is 0 Å². The van der Waals surface area contributed by atoms with Gasteiger partial charge in [0.1, 0.15) is 0 Å². The lowest BCUT2D eigenvalue weighted by molar-refractivity contribution is -0.352. The first-order valence-electron chi connectivity index (χ1n) is 2.11. The number of nitro groups is 1. The summed E-state index contributed by atoms with van der Waals surface area (Å²) in [6.45, 7) is 0. The third-order valence-electron chi connectivity index (χ3n) is 0.505. The van der Waals surface area contributed by atoms with E-state index in [1.54, 1.807) is 0 Å². The van der Waals surface area contributed by atoms with Gasteiger partial charge in [-0.25, -0.2) is 0 Å². The first-order valence-corrected chi connectivity index (χ1v) is 2.11. The molecule has 0 spiro atoms. The van der Waals surface area contributed by atoms with Gasteiger partial charge < -0.3 is 10.1 Å². The number of carbonyl (C=O) groups excluding carboxylic acids is 1. The van der Waals surface area contributed by atoms with Gasteiger partial charge in [0.2, 0.25) is 6.41 Å². The van der Waals surface area contributed by atoms with Gasteiger partial charge in [-0.3, -0.25) is 10.5 Å². The Morgan fingerprint density at radius 1 is 1.70 bits per heavy atom. The molecule has 0 saturated carbocycles. The third-order valence-corrected chi connectivity index (χ3v) is 0.505. The zero-order valence-electron chi connectivity index (χ0n) is 4.80. The highest BCUT2D eigenvalue weighted by Gasteiger charge is 1.97. The fourth-order valence-electron chi connectivity index (χ4n) is 0.167. The van der Waals surface area contributed by atoms with Crippen LogP contribution in [0.1, 0.15) is 0 Å². The van der Waals surface area contributed by atoms with Gasteiger partial charge in [0.15, 0.2) is 6.34 Å². The molecule has 2 N–H and O–H groups in total. The average Bonchev–Trinajstić information content (AvgIpc) is 1.88. The van der Waals surface area contributed by atoms with Crippen molar-refractivity contribution >= 4 is 18.7 Å². The predicted molar refractivity (Wildman–Crippen MR) is 33.2 cm³/mol. The highest BCUT2D eigenvalue weighted by atomic mass is 16.6. The Morgan fingerprint density at radius 2 is 2.30 bits per heavy atom. The Balaban J connectivity index is 4.04. The van der Waals surface area contributed by atoms with Crippen LogP contribution in [0.4, 0.5) is 0 Å². The molecule has 1 amide bonds. The molecule has 0 saturated heterocycles. The Labute approximate surface area is 55.4 Å². The van der Waals surface area contributed by atoms with Gasteiger partial charge in [0.25, 0.3) is 0 Å². The van der Waals surface area contributed by atoms with Crippen LogP contribution in [0, 0.1) is 10.1 Å². The van der Waals surface area contributed by atoms with Crippen LogP contribution in [0.3, 0.4) is 0 Å². The van der Waals surface area contributed by atoms with Gasteiger partial charge >= 0.3 is 5.96 Å². The van der Waals surface area contributed by atoms with E-state index in [0.717, 1.165) is 0 Å². The molecule has 7 heteroatoms. The van der Waals surface area contributed by atoms with Crippen LogP contribution in [0.5, 0.6) is 0 Å². The van der Waals surface area contributed by atoms with E-state index in [9.17, 15) is 14.9 Å². The van der Waals surface area contributed by atoms with Gasteiger partial charge in [0, 0.05) is 0 Å². The molecule has 0 fully saturated rings. The number of carbonyl (C=O) groups is 1. The number of aliphatic imine (C=N–C) groups is 2. The van der Waals surface area contributed by atoms with Crippen molar-refractivity contribution in [2.24, 2.45) is 15.7 Å². The van der Waals surface area contributed by atoms with E-state index in [4.69, 9.17) is 5.73 Å². The first-order chi connectivity index (χ1) is 4.68. The molecule has 10 heavy (non-hydrogen) atoms. The normalized spacial score (nSPS) is 11.8. The maximum absolute atomic E-state index is 9.69. The van der Waals surface area contributed by atoms with Gasteiger partial charge in [-0.05, 0) is 4.92 Å². The van der Waals surface area contributed by atoms with Gasteiger partial charge in [0.05, 0.1) is 0 Å². The Morgan fingerprint density at radius 3 is 2.70 bits per heavy atom. The lowest BCUT2D eigenvalue weighted by Gasteiger charge is -1.87. The smallest absolute Gasteiger partial charge is 0.390 e. The van der Waals surface area contributed by atoms with Gasteiger partial charge in [-0.2, -0.15) is 4.99 Å². The fourth-order valence-corrected chi connectivity index (χ4v) is 0.167. The van der Waals surface area contributed by atoms with Crippen LogP contribution < -0.4 is 5.73 Å². The van der Waals surface area contributed by atoms with Crippen LogP contribution >= 0.6 is 0 Å². The number of guanidine groups is 1. The molecule has 0 aliphatic rings. The number of rotatable bonds is 2. The molecule has 0 aromatic carbocycles. The zero-order valence-corrected chi connectivity index (χ0v) is 4.80. The minimum Gasteiger partial charge on any atom is -0.390 e. The number of nitrogens with zero attached hydrogens (tertiary/aromatic N) is 3. The van der Waals surface area contributed by atoms with Crippen molar-refractivity contribution in [2.75, 3.05) is 0 Å². The first kappa shape index (κ1) is 8.21. The Bertz CT molecular complexity index is 196. The molecule has 0 rings (SSSR count). The summed E-state index contributed by atoms with van der Waals surface area (Å²) in [6.07, 6.45) is 0.891. The van der Waals surface area contributed by atoms with E-state index in [0.29, 0.717) is 6.34 Å². The van der Waals surface area contributed by atoms with Crippen LogP contribution in [-0.2, 0) is 4.79 Å². The summed E-state index contributed by atoms with van der Waals surface area (Å²) >= 11 is 0. The molecule has 7 nitrogen and oxygen atoms in total. The monoisotopic (exact) mass is 144 g/mol. The molecule has 0 atom stereocenters. The third kappa shape index (κ3) is 3.24. The summed E-state index contributed by atoms with van der Waals surface area (Å²) in [4.78, 5) is 24.2. The molecular formula is C3H4N4O3. The van der Waals surface area contributed by atoms with E-state index in [-0.39, 0.29) is 6.41 Å². The predicted octanol–water partition coefficient (Wildman–Crippen LogP) is -1.24. The summed E-state index contributed by atoms with van der Waals surface area (Å²) in [5.41, 5.74) is 4.70. The number of nitrogens with two attached hydrogens (primary N) is 1. The van der Waals surface area contributed by atoms with Crippen molar-refractivity contribution in [2.45, 2.75) is 0 Å². The molecule has 0 aliphatic heterocycles. The van der Waals surface area contributed by atoms with Crippen molar-refractivity contribution in [3.63, 3.8) is 0 Å². The maximum atomic E-state index is 9.69. The molecule has 0 bridgehead atoms. The van der Waals surface area contributed by atoms with Crippen LogP contribution in [0.25, 0.3) is 0 Å². The largest absolute Gasteiger partial charge is 0.426 e.